The average molecular weight is 291 g/mol. The maximum Gasteiger partial charge on any atom is 0.237 e. The van der Waals surface area contributed by atoms with Crippen molar-refractivity contribution in [2.24, 2.45) is 11.7 Å². The Morgan fingerprint density at radius 2 is 1.90 bits per heavy atom. The van der Waals surface area contributed by atoms with E-state index in [4.69, 9.17) is 5.73 Å². The second-order valence-corrected chi connectivity index (χ2v) is 6.39. The minimum Gasteiger partial charge on any atom is -0.378 e. The van der Waals surface area contributed by atoms with Gasteiger partial charge >= 0.3 is 0 Å². The lowest BCUT2D eigenvalue weighted by Crippen LogP contribution is -2.47. The van der Waals surface area contributed by atoms with Gasteiger partial charge in [0.25, 0.3) is 0 Å². The molecule has 0 bridgehead atoms. The zero-order chi connectivity index (χ0) is 16.2. The van der Waals surface area contributed by atoms with Crippen LogP contribution in [0, 0.1) is 12.8 Å². The van der Waals surface area contributed by atoms with E-state index in [0.29, 0.717) is 0 Å². The van der Waals surface area contributed by atoms with Crippen LogP contribution >= 0.6 is 0 Å². The van der Waals surface area contributed by atoms with Gasteiger partial charge in [0, 0.05) is 25.8 Å². The molecule has 21 heavy (non-hydrogen) atoms. The highest BCUT2D eigenvalue weighted by Gasteiger charge is 2.19. The van der Waals surface area contributed by atoms with Gasteiger partial charge in [0.05, 0.1) is 6.04 Å². The second kappa shape index (κ2) is 7.46. The number of benzene rings is 1. The minimum atomic E-state index is -0.440. The summed E-state index contributed by atoms with van der Waals surface area (Å²) in [6, 6.07) is 6.05. The van der Waals surface area contributed by atoms with E-state index in [0.717, 1.165) is 6.42 Å². The number of hydrogen-bond acceptors (Lipinski definition) is 3. The summed E-state index contributed by atoms with van der Waals surface area (Å²) in [5, 5.41) is 3.00. The number of nitrogens with one attached hydrogen (secondary N) is 1. The summed E-state index contributed by atoms with van der Waals surface area (Å²) >= 11 is 0. The molecule has 1 amide bonds. The molecule has 0 aliphatic rings. The Morgan fingerprint density at radius 1 is 1.29 bits per heavy atom. The van der Waals surface area contributed by atoms with Crippen molar-refractivity contribution in [2.75, 3.05) is 19.0 Å². The van der Waals surface area contributed by atoms with Crippen LogP contribution < -0.4 is 16.0 Å². The van der Waals surface area contributed by atoms with Crippen LogP contribution in [0.2, 0.25) is 0 Å². The van der Waals surface area contributed by atoms with Crippen molar-refractivity contribution in [3.63, 3.8) is 0 Å². The van der Waals surface area contributed by atoms with E-state index in [-0.39, 0.29) is 17.9 Å². The summed E-state index contributed by atoms with van der Waals surface area (Å²) in [6.07, 6.45) is 0.816. The Morgan fingerprint density at radius 3 is 2.38 bits per heavy atom. The molecule has 0 radical (unpaired) electrons. The first-order valence-electron chi connectivity index (χ1n) is 7.55. The van der Waals surface area contributed by atoms with Crippen molar-refractivity contribution in [1.82, 2.24) is 5.32 Å². The standard InChI is InChI=1S/C17H29N3O/c1-11(2)16(18)17(21)19-13(4)10-14-7-8-15(20(5)6)9-12(14)3/h7-9,11,13,16H,10,18H2,1-6H3,(H,19,21)/t13-,16-/m0/s1. The van der Waals surface area contributed by atoms with Crippen molar-refractivity contribution < 1.29 is 4.79 Å². The molecule has 4 heteroatoms. The number of aryl methyl sites for hydroxylation is 1. The van der Waals surface area contributed by atoms with Gasteiger partial charge in [-0.15, -0.1) is 0 Å². The van der Waals surface area contributed by atoms with E-state index in [9.17, 15) is 4.79 Å². The van der Waals surface area contributed by atoms with Crippen LogP contribution in [-0.4, -0.2) is 32.1 Å². The van der Waals surface area contributed by atoms with Crippen LogP contribution in [0.5, 0.6) is 0 Å². The molecule has 0 fully saturated rings. The van der Waals surface area contributed by atoms with Crippen LogP contribution in [-0.2, 0) is 11.2 Å². The first-order valence-corrected chi connectivity index (χ1v) is 7.55. The van der Waals surface area contributed by atoms with Gasteiger partial charge in [-0.25, -0.2) is 0 Å². The summed E-state index contributed by atoms with van der Waals surface area (Å²) in [6.45, 7) is 8.04. The molecule has 0 saturated carbocycles. The van der Waals surface area contributed by atoms with E-state index >= 15 is 0 Å². The predicted molar refractivity (Wildman–Crippen MR) is 89.6 cm³/mol. The van der Waals surface area contributed by atoms with Gasteiger partial charge in [-0.2, -0.15) is 0 Å². The van der Waals surface area contributed by atoms with Crippen LogP contribution in [0.25, 0.3) is 0 Å². The first-order chi connectivity index (χ1) is 9.72. The van der Waals surface area contributed by atoms with Gasteiger partial charge in [0.15, 0.2) is 0 Å². The molecule has 3 N–H and O–H groups in total. The molecule has 0 aliphatic carbocycles. The smallest absolute Gasteiger partial charge is 0.237 e. The van der Waals surface area contributed by atoms with Gasteiger partial charge in [0.2, 0.25) is 5.91 Å². The Labute approximate surface area is 128 Å². The summed E-state index contributed by atoms with van der Waals surface area (Å²) in [4.78, 5) is 14.1. The number of rotatable bonds is 6. The van der Waals surface area contributed by atoms with Gasteiger partial charge in [-0.3, -0.25) is 4.79 Å². The summed E-state index contributed by atoms with van der Waals surface area (Å²) in [7, 11) is 4.06. The molecule has 2 atom stereocenters. The monoisotopic (exact) mass is 291 g/mol. The maximum absolute atomic E-state index is 12.0. The van der Waals surface area contributed by atoms with Gasteiger partial charge in [0.1, 0.15) is 0 Å². The number of nitrogens with two attached hydrogens (primary N) is 1. The largest absolute Gasteiger partial charge is 0.378 e. The fourth-order valence-electron chi connectivity index (χ4n) is 2.21. The number of carbonyl (C=O) groups is 1. The summed E-state index contributed by atoms with van der Waals surface area (Å²) in [5.74, 6) is 0.0818. The van der Waals surface area contributed by atoms with E-state index < -0.39 is 6.04 Å². The number of carbonyl (C=O) groups excluding carboxylic acids is 1. The first kappa shape index (κ1) is 17.5. The van der Waals surface area contributed by atoms with E-state index in [1.165, 1.54) is 16.8 Å². The fraction of sp³-hybridized carbons (Fsp3) is 0.588. The third kappa shape index (κ3) is 5.05. The molecule has 1 aromatic carbocycles. The van der Waals surface area contributed by atoms with Gasteiger partial charge in [-0.1, -0.05) is 19.9 Å². The molecule has 0 aromatic heterocycles. The second-order valence-electron chi connectivity index (χ2n) is 6.39. The van der Waals surface area contributed by atoms with E-state index in [2.05, 4.69) is 35.3 Å². The molecule has 1 rings (SSSR count). The SMILES string of the molecule is Cc1cc(N(C)C)ccc1C[C@H](C)NC(=O)[C@@H](N)C(C)C. The molecular weight excluding hydrogens is 262 g/mol. The van der Waals surface area contributed by atoms with Crippen molar-refractivity contribution in [1.29, 1.82) is 0 Å². The molecule has 0 spiro atoms. The Kier molecular flexibility index (Phi) is 6.21. The highest BCUT2D eigenvalue weighted by atomic mass is 16.2. The average Bonchev–Trinajstić information content (AvgIpc) is 2.39. The Balaban J connectivity index is 2.67. The van der Waals surface area contributed by atoms with E-state index in [1.54, 1.807) is 0 Å². The molecule has 4 nitrogen and oxygen atoms in total. The maximum atomic E-state index is 12.0. The minimum absolute atomic E-state index is 0.0694. The highest BCUT2D eigenvalue weighted by Crippen LogP contribution is 2.18. The van der Waals surface area contributed by atoms with Crippen molar-refractivity contribution in [2.45, 2.75) is 46.2 Å². The molecule has 0 aliphatic heterocycles. The summed E-state index contributed by atoms with van der Waals surface area (Å²) in [5.41, 5.74) is 9.56. The quantitative estimate of drug-likeness (QED) is 0.844. The lowest BCUT2D eigenvalue weighted by atomic mass is 10.00. The third-order valence-corrected chi connectivity index (χ3v) is 3.78. The van der Waals surface area contributed by atoms with Crippen molar-refractivity contribution in [3.05, 3.63) is 29.3 Å². The molecule has 0 heterocycles. The molecule has 0 unspecified atom stereocenters. The molecule has 118 valence electrons. The number of hydrogen-bond donors (Lipinski definition) is 2. The van der Waals surface area contributed by atoms with Crippen LogP contribution in [0.15, 0.2) is 18.2 Å². The van der Waals surface area contributed by atoms with Crippen LogP contribution in [0.3, 0.4) is 0 Å². The number of nitrogens with zero attached hydrogens (tertiary/aromatic N) is 1. The number of amides is 1. The normalized spacial score (nSPS) is 13.9. The van der Waals surface area contributed by atoms with Gasteiger partial charge in [-0.05, 0) is 49.4 Å². The highest BCUT2D eigenvalue weighted by molar-refractivity contribution is 5.82. The number of anilines is 1. The van der Waals surface area contributed by atoms with E-state index in [1.807, 2.05) is 34.9 Å². The molecule has 0 saturated heterocycles. The predicted octanol–water partition coefficient (Wildman–Crippen LogP) is 2.09. The Hall–Kier alpha value is -1.55. The zero-order valence-corrected chi connectivity index (χ0v) is 14.1. The van der Waals surface area contributed by atoms with Crippen LogP contribution in [0.4, 0.5) is 5.69 Å². The lowest BCUT2D eigenvalue weighted by Gasteiger charge is -2.21. The zero-order valence-electron chi connectivity index (χ0n) is 14.1. The molecule has 1 aromatic rings. The van der Waals surface area contributed by atoms with Crippen molar-refractivity contribution in [3.8, 4) is 0 Å². The van der Waals surface area contributed by atoms with Gasteiger partial charge < -0.3 is 16.0 Å². The fourth-order valence-corrected chi connectivity index (χ4v) is 2.21. The third-order valence-electron chi connectivity index (χ3n) is 3.78. The summed E-state index contributed by atoms with van der Waals surface area (Å²) < 4.78 is 0. The topological polar surface area (TPSA) is 58.4 Å². The van der Waals surface area contributed by atoms with Crippen molar-refractivity contribution >= 4 is 11.6 Å². The lowest BCUT2D eigenvalue weighted by molar-refractivity contribution is -0.123. The molecular formula is C17H29N3O. The van der Waals surface area contributed by atoms with Crippen LogP contribution in [0.1, 0.15) is 31.9 Å². The Bertz CT molecular complexity index is 483.